The first-order valence-electron chi connectivity index (χ1n) is 10.4. The number of rotatable bonds is 5. The molecule has 0 radical (unpaired) electrons. The number of pyridine rings is 1. The van der Waals surface area contributed by atoms with Gasteiger partial charge in [-0.25, -0.2) is 17.8 Å². The average Bonchev–Trinajstić information content (AvgIpc) is 2.83. The highest BCUT2D eigenvalue weighted by Crippen LogP contribution is 2.29. The second-order valence-corrected chi connectivity index (χ2v) is 9.86. The monoisotopic (exact) mass is 475 g/mol. The molecule has 34 heavy (non-hydrogen) atoms. The number of benzene rings is 3. The summed E-state index contributed by atoms with van der Waals surface area (Å²) in [6.45, 7) is 1.52. The minimum atomic E-state index is -3.41. The molecule has 8 heteroatoms. The van der Waals surface area contributed by atoms with Crippen molar-refractivity contribution < 1.29 is 17.6 Å². The Morgan fingerprint density at radius 3 is 2.41 bits per heavy atom. The van der Waals surface area contributed by atoms with E-state index in [0.29, 0.717) is 33.6 Å². The fraction of sp³-hybridized carbons (Fsp3) is 0.0769. The summed E-state index contributed by atoms with van der Waals surface area (Å²) < 4.78 is 39.1. The van der Waals surface area contributed by atoms with Crippen molar-refractivity contribution in [3.63, 3.8) is 0 Å². The van der Waals surface area contributed by atoms with Crippen LogP contribution >= 0.6 is 0 Å². The molecule has 0 unspecified atom stereocenters. The molecule has 3 aromatic carbocycles. The van der Waals surface area contributed by atoms with Crippen molar-refractivity contribution >= 4 is 43.6 Å². The van der Waals surface area contributed by atoms with Crippen LogP contribution in [0, 0.1) is 0 Å². The minimum Gasteiger partial charge on any atom is -0.383 e. The third-order valence-electron chi connectivity index (χ3n) is 5.50. The van der Waals surface area contributed by atoms with Gasteiger partial charge in [0.25, 0.3) is 5.91 Å². The van der Waals surface area contributed by atoms with E-state index in [0.717, 1.165) is 11.6 Å². The van der Waals surface area contributed by atoms with Gasteiger partial charge in [0.15, 0.2) is 15.7 Å². The van der Waals surface area contributed by atoms with Gasteiger partial charge in [-0.1, -0.05) is 42.5 Å². The van der Waals surface area contributed by atoms with Crippen molar-refractivity contribution in [1.29, 1.82) is 0 Å². The van der Waals surface area contributed by atoms with E-state index in [9.17, 15) is 17.6 Å². The summed E-state index contributed by atoms with van der Waals surface area (Å²) in [7, 11) is -3.41. The van der Waals surface area contributed by atoms with Crippen LogP contribution < -0.4 is 11.1 Å². The Kier molecular flexibility index (Phi) is 6.17. The zero-order valence-electron chi connectivity index (χ0n) is 18.5. The molecule has 0 aliphatic carbocycles. The van der Waals surface area contributed by atoms with E-state index in [1.807, 2.05) is 0 Å². The summed E-state index contributed by atoms with van der Waals surface area (Å²) in [6, 6.07) is 20.2. The van der Waals surface area contributed by atoms with Crippen LogP contribution in [0.15, 0.2) is 89.7 Å². The maximum Gasteiger partial charge on any atom is 0.284 e. The second kappa shape index (κ2) is 9.07. The Balaban J connectivity index is 1.57. The van der Waals surface area contributed by atoms with Gasteiger partial charge in [-0.2, -0.15) is 0 Å². The van der Waals surface area contributed by atoms with Crippen LogP contribution in [0.5, 0.6) is 0 Å². The molecule has 0 saturated heterocycles. The van der Waals surface area contributed by atoms with Crippen molar-refractivity contribution in [2.24, 2.45) is 0 Å². The molecule has 0 aliphatic heterocycles. The number of sulfone groups is 1. The third-order valence-corrected chi connectivity index (χ3v) is 6.65. The fourth-order valence-electron chi connectivity index (χ4n) is 3.67. The molecule has 1 amide bonds. The Hall–Kier alpha value is -4.04. The Morgan fingerprint density at radius 2 is 1.71 bits per heavy atom. The molecule has 0 saturated carbocycles. The lowest BCUT2D eigenvalue weighted by atomic mass is 10.0. The van der Waals surface area contributed by atoms with Crippen molar-refractivity contribution in [3.8, 4) is 11.1 Å². The molecule has 1 heterocycles. The van der Waals surface area contributed by atoms with Gasteiger partial charge in [0.05, 0.1) is 4.90 Å². The van der Waals surface area contributed by atoms with Gasteiger partial charge in [0, 0.05) is 29.1 Å². The zero-order chi connectivity index (χ0) is 24.5. The lowest BCUT2D eigenvalue weighted by Crippen LogP contribution is -2.13. The number of allylic oxidation sites excluding steroid dienone is 1. The largest absolute Gasteiger partial charge is 0.383 e. The van der Waals surface area contributed by atoms with E-state index in [1.165, 1.54) is 6.92 Å². The number of nitrogens with two attached hydrogens (primary N) is 1. The number of aromatic nitrogens is 1. The van der Waals surface area contributed by atoms with E-state index < -0.39 is 21.6 Å². The molecule has 0 fully saturated rings. The van der Waals surface area contributed by atoms with Crippen LogP contribution in [0.25, 0.3) is 27.5 Å². The van der Waals surface area contributed by atoms with Gasteiger partial charge in [-0.3, -0.25) is 4.79 Å². The Morgan fingerprint density at radius 1 is 1.00 bits per heavy atom. The lowest BCUT2D eigenvalue weighted by molar-refractivity contribution is -0.114. The Labute approximate surface area is 196 Å². The normalized spacial score (nSPS) is 12.3. The van der Waals surface area contributed by atoms with Crippen LogP contribution in [0.2, 0.25) is 0 Å². The van der Waals surface area contributed by atoms with Gasteiger partial charge in [-0.05, 0) is 59.3 Å². The number of anilines is 2. The first kappa shape index (κ1) is 23.1. The maximum atomic E-state index is 14.9. The van der Waals surface area contributed by atoms with Crippen molar-refractivity contribution in [1.82, 2.24) is 4.98 Å². The number of fused-ring (bicyclic) bond motifs is 1. The molecule has 0 atom stereocenters. The van der Waals surface area contributed by atoms with Crippen molar-refractivity contribution in [3.05, 3.63) is 90.4 Å². The number of hydrogen-bond donors (Lipinski definition) is 2. The average molecular weight is 476 g/mol. The molecule has 0 aliphatic rings. The highest BCUT2D eigenvalue weighted by atomic mass is 32.2. The van der Waals surface area contributed by atoms with Crippen LogP contribution in [0.4, 0.5) is 15.9 Å². The molecule has 1 aromatic heterocycles. The Bertz CT molecular complexity index is 1550. The molecular formula is C26H22FN3O3S. The summed E-state index contributed by atoms with van der Waals surface area (Å²) in [4.78, 5) is 16.8. The summed E-state index contributed by atoms with van der Waals surface area (Å²) in [5.74, 6) is -1.48. The fourth-order valence-corrected chi connectivity index (χ4v) is 4.58. The molecule has 0 spiro atoms. The molecule has 0 bridgehead atoms. The number of halogens is 1. The van der Waals surface area contributed by atoms with Gasteiger partial charge < -0.3 is 11.1 Å². The van der Waals surface area contributed by atoms with Crippen LogP contribution in [0.3, 0.4) is 0 Å². The quantitative estimate of drug-likeness (QED) is 0.385. The second-order valence-electron chi connectivity index (χ2n) is 7.87. The highest BCUT2D eigenvalue weighted by molar-refractivity contribution is 7.90. The van der Waals surface area contributed by atoms with E-state index in [-0.39, 0.29) is 10.5 Å². The summed E-state index contributed by atoms with van der Waals surface area (Å²) in [6.07, 6.45) is 2.75. The van der Waals surface area contributed by atoms with Gasteiger partial charge in [0.2, 0.25) is 0 Å². The first-order valence-corrected chi connectivity index (χ1v) is 12.3. The summed E-state index contributed by atoms with van der Waals surface area (Å²) in [5, 5.41) is 4.08. The summed E-state index contributed by atoms with van der Waals surface area (Å²) in [5.41, 5.74) is 8.19. The van der Waals surface area contributed by atoms with Crippen molar-refractivity contribution in [2.75, 3.05) is 17.3 Å². The van der Waals surface area contributed by atoms with Gasteiger partial charge in [-0.15, -0.1) is 0 Å². The zero-order valence-corrected chi connectivity index (χ0v) is 19.4. The van der Waals surface area contributed by atoms with Crippen LogP contribution in [-0.4, -0.2) is 25.6 Å². The van der Waals surface area contributed by atoms with E-state index >= 15 is 0 Å². The number of carbonyl (C=O) groups excluding carboxylic acids is 1. The van der Waals surface area contributed by atoms with Crippen LogP contribution in [-0.2, 0) is 14.6 Å². The smallest absolute Gasteiger partial charge is 0.284 e. The predicted octanol–water partition coefficient (Wildman–Crippen LogP) is 5.23. The van der Waals surface area contributed by atoms with Crippen LogP contribution in [0.1, 0.15) is 12.5 Å². The molecule has 3 N–H and O–H groups in total. The minimum absolute atomic E-state index is 0.168. The number of hydrogen-bond acceptors (Lipinski definition) is 5. The molecule has 172 valence electrons. The van der Waals surface area contributed by atoms with E-state index in [4.69, 9.17) is 5.73 Å². The standard InChI is InChI=1S/C26H22FN3O3S/c1-16(19-8-7-18-13-14-29-25(28)22(18)15-19)24(27)26(31)30-20-11-9-17(10-12-20)21-5-3-4-6-23(21)34(2,32)33/h3-15H,1-2H3,(H2,28,29)(H,30,31)/b24-16+. The highest BCUT2D eigenvalue weighted by Gasteiger charge is 2.16. The lowest BCUT2D eigenvalue weighted by Gasteiger charge is -2.10. The number of carbonyl (C=O) groups is 1. The van der Waals surface area contributed by atoms with E-state index in [1.54, 1.807) is 79.0 Å². The van der Waals surface area contributed by atoms with Gasteiger partial charge >= 0.3 is 0 Å². The molecule has 4 aromatic rings. The molecule has 6 nitrogen and oxygen atoms in total. The maximum absolute atomic E-state index is 14.9. The SMILES string of the molecule is C/C(=C(\F)C(=O)Nc1ccc(-c2ccccc2S(C)(=O)=O)cc1)c1ccc2ccnc(N)c2c1. The number of nitrogens with zero attached hydrogens (tertiary/aromatic N) is 1. The first-order chi connectivity index (χ1) is 16.1. The van der Waals surface area contributed by atoms with Gasteiger partial charge in [0.1, 0.15) is 5.82 Å². The molecular weight excluding hydrogens is 453 g/mol. The summed E-state index contributed by atoms with van der Waals surface area (Å²) >= 11 is 0. The topological polar surface area (TPSA) is 102 Å². The number of nitrogens with one attached hydrogen (secondary N) is 1. The molecule has 4 rings (SSSR count). The number of nitrogen functional groups attached to an aromatic ring is 1. The predicted molar refractivity (Wildman–Crippen MR) is 133 cm³/mol. The third kappa shape index (κ3) is 4.67. The number of amides is 1. The van der Waals surface area contributed by atoms with Crippen molar-refractivity contribution in [2.45, 2.75) is 11.8 Å². The van der Waals surface area contributed by atoms with E-state index in [2.05, 4.69) is 10.3 Å².